The van der Waals surface area contributed by atoms with E-state index in [-0.39, 0.29) is 46.5 Å². The van der Waals surface area contributed by atoms with Gasteiger partial charge in [-0.2, -0.15) is 0 Å². The highest BCUT2D eigenvalue weighted by Gasteiger charge is 2.68. The lowest BCUT2D eigenvalue weighted by atomic mass is 9.39. The van der Waals surface area contributed by atoms with E-state index in [2.05, 4.69) is 47.6 Å². The lowest BCUT2D eigenvalue weighted by Crippen LogP contribution is -2.65. The van der Waals surface area contributed by atoms with Gasteiger partial charge in [0, 0.05) is 5.41 Å². The molecule has 0 aromatic heterocycles. The lowest BCUT2D eigenvalue weighted by Gasteiger charge is -2.66. The predicted octanol–water partition coefficient (Wildman–Crippen LogP) is -2.20. The molecule has 77 heavy (non-hydrogen) atoms. The fourth-order valence-electron chi connectivity index (χ4n) is 15.6. The van der Waals surface area contributed by atoms with E-state index in [9.17, 15) is 76.6 Å². The summed E-state index contributed by atoms with van der Waals surface area (Å²) in [5.74, 6) is 1.07. The number of rotatable bonds is 17. The normalized spacial score (nSPS) is 51.0. The molecule has 29 atom stereocenters. The van der Waals surface area contributed by atoms with Crippen LogP contribution in [0.15, 0.2) is 11.6 Å². The summed E-state index contributed by atoms with van der Waals surface area (Å²) in [6, 6.07) is 0. The van der Waals surface area contributed by atoms with Crippen molar-refractivity contribution < 1.29 is 114 Å². The number of fused-ring (bicyclic) bond motifs is 5. The molecule has 0 amide bonds. The van der Waals surface area contributed by atoms with Gasteiger partial charge in [0.1, 0.15) is 97.7 Å². The molecule has 8 aliphatic rings. The molecule has 0 radical (unpaired) electrons. The third kappa shape index (κ3) is 11.1. The molecule has 0 spiro atoms. The highest BCUT2D eigenvalue weighted by Crippen LogP contribution is 2.75. The first-order valence-electron chi connectivity index (χ1n) is 27.9. The maximum atomic E-state index is 11.8. The zero-order chi connectivity index (χ0) is 56.6. The van der Waals surface area contributed by atoms with Gasteiger partial charge in [0.15, 0.2) is 25.2 Å². The SMILES string of the molecule is CC(CC[C@@H](O[C@@H]1O[C@H](CO[C@@H]2O[C@H](CO)[C@@H](O)[C@H](O)[C@H]2O)[C@@H](O)[C@H](O)[C@H]1O[C@@H]1O[C@H](CO)[C@@H](O)[C@H](O)[C@H]1O)C(C)(C)O)C1CCC2(C)C3CC=C4C(CC[C@H](O[C@@H]5O[C@H](CO)[C@@H](O)[C@H](O)[C@H]5O)C4(C)C)C3(C)CCC12C. The van der Waals surface area contributed by atoms with E-state index < -0.39 is 166 Å². The number of hydrogen-bond donors (Lipinski definition) is 15. The number of aliphatic hydroxyl groups is 15. The zero-order valence-corrected chi connectivity index (χ0v) is 45.8. The van der Waals surface area contributed by atoms with E-state index in [4.69, 9.17) is 37.9 Å². The Balaban J connectivity index is 0.973. The van der Waals surface area contributed by atoms with Gasteiger partial charge in [-0.25, -0.2) is 0 Å². The van der Waals surface area contributed by atoms with Gasteiger partial charge in [0.2, 0.25) is 0 Å². The van der Waals surface area contributed by atoms with Gasteiger partial charge in [-0.15, -0.1) is 0 Å². The van der Waals surface area contributed by atoms with Crippen molar-refractivity contribution in [1.82, 2.24) is 0 Å². The standard InChI is InChI=1S/C54H92O23/c1-23(24-15-16-54(8)31-12-10-25-26(52(31,6)17-18-53(24,54)7)11-14-32(50(25,2)3)75-47-43(67)39(63)35(59)28(20-56)72-47)9-13-33(51(4,5)69)76-49-45(77-48-44(68)40(64)36(60)29(21-57)73-48)41(65)37(61)30(74-49)22-70-46-42(66)38(62)34(58)27(19-55)71-46/h10,23-24,26-49,55-69H,9,11-22H2,1-8H3/t23?,24?,26?,27-,28-,29-,30-,31?,32+,33-,34-,35-,36-,37-,38+,39+,40+,41+,42-,43-,44-,45-,46-,47+,48+,49+,52?,53?,54?/m1/s1. The summed E-state index contributed by atoms with van der Waals surface area (Å²) in [5.41, 5.74) is -0.793. The van der Waals surface area contributed by atoms with Crippen molar-refractivity contribution in [3.05, 3.63) is 11.6 Å². The smallest absolute Gasteiger partial charge is 0.187 e. The molecule has 0 bridgehead atoms. The maximum absolute atomic E-state index is 11.8. The van der Waals surface area contributed by atoms with Gasteiger partial charge in [0.25, 0.3) is 0 Å². The predicted molar refractivity (Wildman–Crippen MR) is 266 cm³/mol. The van der Waals surface area contributed by atoms with Crippen LogP contribution in [0.2, 0.25) is 0 Å². The minimum atomic E-state index is -1.91. The summed E-state index contributed by atoms with van der Waals surface area (Å²) < 4.78 is 47.9. The highest BCUT2D eigenvalue weighted by molar-refractivity contribution is 5.30. The largest absolute Gasteiger partial charge is 0.394 e. The molecule has 7 unspecified atom stereocenters. The second kappa shape index (κ2) is 23.5. The molecule has 446 valence electrons. The molecule has 7 fully saturated rings. The molecular weight excluding hydrogens is 1020 g/mol. The summed E-state index contributed by atoms with van der Waals surface area (Å²) >= 11 is 0. The maximum Gasteiger partial charge on any atom is 0.187 e. The molecule has 15 N–H and O–H groups in total. The van der Waals surface area contributed by atoms with Crippen LogP contribution in [-0.4, -0.2) is 244 Å². The summed E-state index contributed by atoms with van der Waals surface area (Å²) in [6.45, 7) is 14.4. The topological polar surface area (TPSA) is 377 Å². The van der Waals surface area contributed by atoms with Crippen LogP contribution in [0.5, 0.6) is 0 Å². The van der Waals surface area contributed by atoms with Gasteiger partial charge in [0.05, 0.1) is 44.2 Å². The van der Waals surface area contributed by atoms with E-state index >= 15 is 0 Å². The van der Waals surface area contributed by atoms with Crippen LogP contribution in [0, 0.1) is 45.3 Å². The van der Waals surface area contributed by atoms with E-state index in [0.29, 0.717) is 18.8 Å². The Bertz CT molecular complexity index is 1990. The number of allylic oxidation sites excluding steroid dienone is 1. The summed E-state index contributed by atoms with van der Waals surface area (Å²) in [4.78, 5) is 0. The first-order chi connectivity index (χ1) is 36.0. The van der Waals surface area contributed by atoms with Crippen molar-refractivity contribution in [2.75, 3.05) is 26.4 Å². The molecule has 4 aliphatic carbocycles. The van der Waals surface area contributed by atoms with Crippen LogP contribution < -0.4 is 0 Å². The fourth-order valence-corrected chi connectivity index (χ4v) is 15.6. The zero-order valence-electron chi connectivity index (χ0n) is 45.8. The van der Waals surface area contributed by atoms with Gasteiger partial charge >= 0.3 is 0 Å². The highest BCUT2D eigenvalue weighted by atomic mass is 16.8. The summed E-state index contributed by atoms with van der Waals surface area (Å²) in [5, 5.41) is 159. The average molecular weight is 1110 g/mol. The molecule has 4 aliphatic heterocycles. The average Bonchev–Trinajstić information content (AvgIpc) is 3.69. The molecule has 0 aromatic carbocycles. The van der Waals surface area contributed by atoms with Crippen molar-refractivity contribution in [3.63, 3.8) is 0 Å². The molecule has 23 heteroatoms. The first kappa shape index (κ1) is 61.9. The quantitative estimate of drug-likeness (QED) is 0.0687. The second-order valence-corrected chi connectivity index (χ2v) is 25.8. The van der Waals surface area contributed by atoms with Crippen LogP contribution in [-0.2, 0) is 37.9 Å². The van der Waals surface area contributed by atoms with Crippen molar-refractivity contribution in [2.45, 2.75) is 254 Å². The monoisotopic (exact) mass is 1110 g/mol. The van der Waals surface area contributed by atoms with Crippen LogP contribution in [0.25, 0.3) is 0 Å². The van der Waals surface area contributed by atoms with E-state index in [1.807, 2.05) is 0 Å². The Kier molecular flexibility index (Phi) is 18.9. The van der Waals surface area contributed by atoms with Crippen molar-refractivity contribution >= 4 is 0 Å². The molecule has 4 heterocycles. The molecule has 4 saturated heterocycles. The minimum Gasteiger partial charge on any atom is -0.394 e. The summed E-state index contributed by atoms with van der Waals surface area (Å²) in [6.07, 6.45) is -23.9. The minimum absolute atomic E-state index is 0.0220. The van der Waals surface area contributed by atoms with Crippen LogP contribution in [0.1, 0.15) is 113 Å². The molecule has 8 rings (SSSR count). The van der Waals surface area contributed by atoms with Gasteiger partial charge in [-0.1, -0.05) is 53.2 Å². The molecule has 3 saturated carbocycles. The molecule has 0 aromatic rings. The first-order valence-corrected chi connectivity index (χ1v) is 27.9. The Morgan fingerprint density at radius 2 is 1.08 bits per heavy atom. The van der Waals surface area contributed by atoms with Crippen molar-refractivity contribution in [2.24, 2.45) is 45.3 Å². The van der Waals surface area contributed by atoms with Gasteiger partial charge in [-0.3, -0.25) is 0 Å². The van der Waals surface area contributed by atoms with E-state index in [1.54, 1.807) is 13.8 Å². The Hall–Kier alpha value is -1.18. The molecule has 23 nitrogen and oxygen atoms in total. The third-order valence-corrected chi connectivity index (χ3v) is 20.7. The van der Waals surface area contributed by atoms with Crippen molar-refractivity contribution in [3.8, 4) is 0 Å². The van der Waals surface area contributed by atoms with Crippen LogP contribution in [0.4, 0.5) is 0 Å². The Labute approximate surface area is 450 Å². The van der Waals surface area contributed by atoms with E-state index in [1.165, 1.54) is 5.57 Å². The molecular formula is C54H92O23. The Morgan fingerprint density at radius 3 is 1.62 bits per heavy atom. The fraction of sp³-hybridized carbons (Fsp3) is 0.963. The van der Waals surface area contributed by atoms with Crippen molar-refractivity contribution in [1.29, 1.82) is 0 Å². The number of aliphatic hydroxyl groups excluding tert-OH is 14. The van der Waals surface area contributed by atoms with Crippen LogP contribution >= 0.6 is 0 Å². The van der Waals surface area contributed by atoms with Crippen LogP contribution in [0.3, 0.4) is 0 Å². The Morgan fingerprint density at radius 1 is 0.571 bits per heavy atom. The summed E-state index contributed by atoms with van der Waals surface area (Å²) in [7, 11) is 0. The van der Waals surface area contributed by atoms with Gasteiger partial charge in [-0.05, 0) is 112 Å². The number of ether oxygens (including phenoxy) is 8. The van der Waals surface area contributed by atoms with Gasteiger partial charge < -0.3 is 114 Å². The second-order valence-electron chi connectivity index (χ2n) is 25.8. The van der Waals surface area contributed by atoms with E-state index in [0.717, 1.165) is 38.5 Å². The number of hydrogen-bond acceptors (Lipinski definition) is 23. The lowest BCUT2D eigenvalue weighted by molar-refractivity contribution is -0.380. The third-order valence-electron chi connectivity index (χ3n) is 20.7.